The number of rotatable bonds is 4. The molecule has 1 aliphatic rings. The molecule has 1 aromatic heterocycles. The van der Waals surface area contributed by atoms with Gasteiger partial charge in [-0.3, -0.25) is 0 Å². The molecule has 0 aliphatic carbocycles. The molecule has 0 unspecified atom stereocenters. The van der Waals surface area contributed by atoms with E-state index in [2.05, 4.69) is 0 Å². The molecule has 0 N–H and O–H groups in total. The van der Waals surface area contributed by atoms with Gasteiger partial charge in [0.15, 0.2) is 21.3 Å². The van der Waals surface area contributed by atoms with Crippen molar-refractivity contribution < 1.29 is 38.0 Å². The Morgan fingerprint density at radius 3 is 1.63 bits per heavy atom. The third-order valence-electron chi connectivity index (χ3n) is 3.52. The predicted octanol–water partition coefficient (Wildman–Crippen LogP) is 2.69. The highest BCUT2D eigenvalue weighted by Crippen LogP contribution is 2.43. The lowest BCUT2D eigenvalue weighted by Crippen LogP contribution is -2.14. The van der Waals surface area contributed by atoms with E-state index in [1.165, 1.54) is 0 Å². The molecule has 0 radical (unpaired) electrons. The SMILES string of the molecule is CCOC(=O)c1sc(C(=O)OCC)c2c1OCCOCCCCOCCO2. The Morgan fingerprint density at radius 2 is 1.22 bits per heavy atom. The van der Waals surface area contributed by atoms with Crippen molar-refractivity contribution in [2.24, 2.45) is 0 Å². The van der Waals surface area contributed by atoms with Gasteiger partial charge in [0.05, 0.1) is 26.4 Å². The van der Waals surface area contributed by atoms with Crippen LogP contribution in [0.2, 0.25) is 0 Å². The summed E-state index contributed by atoms with van der Waals surface area (Å²) in [7, 11) is 0. The topological polar surface area (TPSA) is 89.5 Å². The summed E-state index contributed by atoms with van der Waals surface area (Å²) in [5, 5.41) is 0. The first kappa shape index (κ1) is 21.5. The summed E-state index contributed by atoms with van der Waals surface area (Å²) in [6.45, 7) is 6.20. The molecule has 1 aliphatic heterocycles. The van der Waals surface area contributed by atoms with Crippen LogP contribution in [0.25, 0.3) is 0 Å². The van der Waals surface area contributed by atoms with Crippen molar-refractivity contribution in [3.05, 3.63) is 9.75 Å². The first-order valence-corrected chi connectivity index (χ1v) is 9.92. The molecule has 152 valence electrons. The average Bonchev–Trinajstić information content (AvgIpc) is 3.01. The van der Waals surface area contributed by atoms with E-state index in [0.717, 1.165) is 24.2 Å². The van der Waals surface area contributed by atoms with Crippen LogP contribution < -0.4 is 9.47 Å². The summed E-state index contributed by atoms with van der Waals surface area (Å²) < 4.78 is 32.7. The number of hydrogen-bond donors (Lipinski definition) is 0. The van der Waals surface area contributed by atoms with E-state index in [0.29, 0.717) is 26.4 Å². The first-order chi connectivity index (χ1) is 13.2. The maximum atomic E-state index is 12.3. The van der Waals surface area contributed by atoms with Crippen LogP contribution in [0.3, 0.4) is 0 Å². The minimum atomic E-state index is -0.573. The summed E-state index contributed by atoms with van der Waals surface area (Å²) in [4.78, 5) is 25.0. The van der Waals surface area contributed by atoms with Crippen LogP contribution in [0.1, 0.15) is 46.0 Å². The summed E-state index contributed by atoms with van der Waals surface area (Å²) >= 11 is 0.941. The maximum absolute atomic E-state index is 12.3. The molecule has 0 aromatic carbocycles. The monoisotopic (exact) mass is 402 g/mol. The molecule has 0 spiro atoms. The zero-order valence-corrected chi connectivity index (χ0v) is 16.6. The minimum absolute atomic E-state index is 0.169. The van der Waals surface area contributed by atoms with E-state index in [1.807, 2.05) is 0 Å². The Hall–Kier alpha value is -1.84. The van der Waals surface area contributed by atoms with Gasteiger partial charge in [0.1, 0.15) is 13.2 Å². The highest BCUT2D eigenvalue weighted by molar-refractivity contribution is 7.16. The fraction of sp³-hybridized carbons (Fsp3) is 0.667. The molecule has 27 heavy (non-hydrogen) atoms. The van der Waals surface area contributed by atoms with Gasteiger partial charge in [-0.15, -0.1) is 11.3 Å². The number of ether oxygens (including phenoxy) is 6. The lowest BCUT2D eigenvalue weighted by Gasteiger charge is -2.13. The Bertz CT molecular complexity index is 562. The third kappa shape index (κ3) is 6.37. The fourth-order valence-corrected chi connectivity index (χ4v) is 3.32. The van der Waals surface area contributed by atoms with Crippen LogP contribution in [0.4, 0.5) is 0 Å². The number of esters is 2. The summed E-state index contributed by atoms with van der Waals surface area (Å²) in [5.74, 6) is -0.781. The molecular weight excluding hydrogens is 376 g/mol. The standard InChI is InChI=1S/C18H26O8S/c1-3-23-17(19)15-13-14(16(27-15)18(20)24-4-2)26-12-10-22-8-6-5-7-21-9-11-25-13/h3-12H2,1-2H3. The summed E-state index contributed by atoms with van der Waals surface area (Å²) in [6.07, 6.45) is 1.79. The van der Waals surface area contributed by atoms with Gasteiger partial charge in [-0.05, 0) is 26.7 Å². The van der Waals surface area contributed by atoms with E-state index in [9.17, 15) is 9.59 Å². The van der Waals surface area contributed by atoms with Crippen LogP contribution in [0.15, 0.2) is 0 Å². The van der Waals surface area contributed by atoms with Gasteiger partial charge in [0.25, 0.3) is 0 Å². The van der Waals surface area contributed by atoms with Crippen molar-refractivity contribution in [1.29, 1.82) is 0 Å². The Kier molecular flexibility index (Phi) is 9.37. The van der Waals surface area contributed by atoms with Crippen LogP contribution in [-0.2, 0) is 18.9 Å². The molecule has 0 atom stereocenters. The molecule has 9 heteroatoms. The molecular formula is C18H26O8S. The smallest absolute Gasteiger partial charge is 0.352 e. The number of hydrogen-bond acceptors (Lipinski definition) is 9. The van der Waals surface area contributed by atoms with E-state index < -0.39 is 11.9 Å². The Balaban J connectivity index is 2.32. The van der Waals surface area contributed by atoms with Gasteiger partial charge >= 0.3 is 11.9 Å². The third-order valence-corrected chi connectivity index (χ3v) is 4.63. The molecule has 2 heterocycles. The van der Waals surface area contributed by atoms with Crippen LogP contribution in [0.5, 0.6) is 11.5 Å². The van der Waals surface area contributed by atoms with E-state index >= 15 is 0 Å². The van der Waals surface area contributed by atoms with Crippen LogP contribution in [0, 0.1) is 0 Å². The molecule has 0 saturated heterocycles. The fourth-order valence-electron chi connectivity index (χ4n) is 2.34. The molecule has 0 amide bonds. The van der Waals surface area contributed by atoms with E-state index in [1.54, 1.807) is 13.8 Å². The number of carbonyl (C=O) groups is 2. The van der Waals surface area contributed by atoms with Crippen molar-refractivity contribution in [2.45, 2.75) is 26.7 Å². The maximum Gasteiger partial charge on any atom is 0.352 e. The van der Waals surface area contributed by atoms with Gasteiger partial charge in [-0.25, -0.2) is 9.59 Å². The molecule has 0 saturated carbocycles. The van der Waals surface area contributed by atoms with Gasteiger partial charge in [0, 0.05) is 13.2 Å². The molecule has 1 aromatic rings. The second kappa shape index (κ2) is 11.8. The highest BCUT2D eigenvalue weighted by Gasteiger charge is 2.31. The van der Waals surface area contributed by atoms with Gasteiger partial charge < -0.3 is 28.4 Å². The van der Waals surface area contributed by atoms with Crippen molar-refractivity contribution in [3.8, 4) is 11.5 Å². The van der Waals surface area contributed by atoms with Gasteiger partial charge in [0.2, 0.25) is 0 Å². The van der Waals surface area contributed by atoms with Crippen LogP contribution >= 0.6 is 11.3 Å². The second-order valence-electron chi connectivity index (χ2n) is 5.49. The second-order valence-corrected chi connectivity index (χ2v) is 6.51. The average molecular weight is 402 g/mol. The van der Waals surface area contributed by atoms with Crippen molar-refractivity contribution >= 4 is 23.3 Å². The molecule has 0 fully saturated rings. The quantitative estimate of drug-likeness (QED) is 0.710. The Labute approximate surface area is 162 Å². The largest absolute Gasteiger partial charge is 0.486 e. The normalized spacial score (nSPS) is 16.2. The molecule has 0 bridgehead atoms. The zero-order chi connectivity index (χ0) is 19.5. The van der Waals surface area contributed by atoms with Crippen molar-refractivity contribution in [2.75, 3.05) is 52.9 Å². The van der Waals surface area contributed by atoms with Gasteiger partial charge in [-0.2, -0.15) is 0 Å². The highest BCUT2D eigenvalue weighted by atomic mass is 32.1. The zero-order valence-electron chi connectivity index (χ0n) is 15.7. The summed E-state index contributed by atoms with van der Waals surface area (Å²) in [5.41, 5.74) is 0. The molecule has 2 rings (SSSR count). The lowest BCUT2D eigenvalue weighted by molar-refractivity contribution is 0.0499. The van der Waals surface area contributed by atoms with E-state index in [4.69, 9.17) is 28.4 Å². The number of thiophene rings is 1. The van der Waals surface area contributed by atoms with Crippen LogP contribution in [-0.4, -0.2) is 64.8 Å². The van der Waals surface area contributed by atoms with Crippen molar-refractivity contribution in [1.82, 2.24) is 0 Å². The number of carbonyl (C=O) groups excluding carboxylic acids is 2. The predicted molar refractivity (Wildman–Crippen MR) is 98.1 cm³/mol. The van der Waals surface area contributed by atoms with Gasteiger partial charge in [-0.1, -0.05) is 0 Å². The lowest BCUT2D eigenvalue weighted by atomic mass is 10.3. The van der Waals surface area contributed by atoms with E-state index in [-0.39, 0.29) is 47.7 Å². The summed E-state index contributed by atoms with van der Waals surface area (Å²) in [6, 6.07) is 0. The number of fused-ring (bicyclic) bond motifs is 1. The minimum Gasteiger partial charge on any atom is -0.486 e. The first-order valence-electron chi connectivity index (χ1n) is 9.11. The molecule has 8 nitrogen and oxygen atoms in total. The Morgan fingerprint density at radius 1 is 0.778 bits per heavy atom. The van der Waals surface area contributed by atoms with Crippen molar-refractivity contribution in [3.63, 3.8) is 0 Å².